The normalized spacial score (nSPS) is 27.1. The maximum atomic E-state index is 12.3. The molecule has 126 valence electrons. The van der Waals surface area contributed by atoms with Gasteiger partial charge >= 0.3 is 0 Å². The number of benzene rings is 1. The molecule has 2 aromatic rings. The van der Waals surface area contributed by atoms with Crippen LogP contribution in [0.5, 0.6) is 0 Å². The molecule has 0 atom stereocenters. The summed E-state index contributed by atoms with van der Waals surface area (Å²) >= 11 is 1.75. The highest BCUT2D eigenvalue weighted by Crippen LogP contribution is 2.44. The van der Waals surface area contributed by atoms with Crippen molar-refractivity contribution in [1.29, 1.82) is 0 Å². The van der Waals surface area contributed by atoms with Crippen LogP contribution in [0.3, 0.4) is 0 Å². The lowest BCUT2D eigenvalue weighted by molar-refractivity contribution is -0.125. The molecule has 0 bridgehead atoms. The van der Waals surface area contributed by atoms with Gasteiger partial charge in [0.25, 0.3) is 0 Å². The van der Waals surface area contributed by atoms with Crippen molar-refractivity contribution in [3.05, 3.63) is 41.0 Å². The summed E-state index contributed by atoms with van der Waals surface area (Å²) in [6, 6.07) is 8.15. The van der Waals surface area contributed by atoms with E-state index in [0.717, 1.165) is 16.0 Å². The number of aromatic nitrogens is 1. The van der Waals surface area contributed by atoms with E-state index in [9.17, 15) is 9.90 Å². The minimum Gasteiger partial charge on any atom is -0.393 e. The molecule has 4 nitrogen and oxygen atoms in total. The molecule has 24 heavy (non-hydrogen) atoms. The van der Waals surface area contributed by atoms with Crippen LogP contribution < -0.4 is 5.73 Å². The van der Waals surface area contributed by atoms with Gasteiger partial charge in [-0.1, -0.05) is 18.2 Å². The minimum absolute atomic E-state index is 0.283. The first-order chi connectivity index (χ1) is 11.6. The number of amides is 1. The Balaban J connectivity index is 1.68. The van der Waals surface area contributed by atoms with Gasteiger partial charge in [-0.25, -0.2) is 4.98 Å². The van der Waals surface area contributed by atoms with Gasteiger partial charge in [-0.15, -0.1) is 11.3 Å². The van der Waals surface area contributed by atoms with E-state index in [1.165, 1.54) is 17.8 Å². The van der Waals surface area contributed by atoms with E-state index in [0.29, 0.717) is 31.6 Å². The molecule has 3 N–H and O–H groups in total. The number of carbonyl (C=O) groups excluding carboxylic acids is 1. The number of rotatable bonds is 4. The highest BCUT2D eigenvalue weighted by molar-refractivity contribution is 7.15. The summed E-state index contributed by atoms with van der Waals surface area (Å²) in [6.07, 6.45) is 6.60. The van der Waals surface area contributed by atoms with Gasteiger partial charge in [0, 0.05) is 12.1 Å². The molecule has 0 aliphatic heterocycles. The molecule has 2 saturated carbocycles. The molecule has 0 unspecified atom stereocenters. The molecule has 0 radical (unpaired) electrons. The fraction of sp³-hybridized carbons (Fsp3) is 0.474. The van der Waals surface area contributed by atoms with Crippen LogP contribution in [-0.2, 0) is 10.2 Å². The third-order valence-electron chi connectivity index (χ3n) is 5.43. The van der Waals surface area contributed by atoms with Gasteiger partial charge in [-0.2, -0.15) is 0 Å². The third-order valence-corrected chi connectivity index (χ3v) is 6.64. The monoisotopic (exact) mass is 342 g/mol. The number of carbonyl (C=O) groups is 1. The smallest absolute Gasteiger partial charge is 0.228 e. The van der Waals surface area contributed by atoms with Crippen molar-refractivity contribution in [2.75, 3.05) is 0 Å². The lowest BCUT2D eigenvalue weighted by Gasteiger charge is -2.36. The topological polar surface area (TPSA) is 76.2 Å². The summed E-state index contributed by atoms with van der Waals surface area (Å²) in [4.78, 5) is 18.0. The highest BCUT2D eigenvalue weighted by atomic mass is 32.1. The molecule has 1 aromatic heterocycles. The highest BCUT2D eigenvalue weighted by Gasteiger charge is 2.41. The fourth-order valence-corrected chi connectivity index (χ4v) is 4.77. The quantitative estimate of drug-likeness (QED) is 0.894. The summed E-state index contributed by atoms with van der Waals surface area (Å²) in [7, 11) is 0. The molecule has 0 spiro atoms. The van der Waals surface area contributed by atoms with Crippen molar-refractivity contribution in [2.45, 2.75) is 56.0 Å². The van der Waals surface area contributed by atoms with E-state index in [2.05, 4.69) is 17.1 Å². The van der Waals surface area contributed by atoms with Crippen molar-refractivity contribution in [1.82, 2.24) is 4.98 Å². The van der Waals surface area contributed by atoms with E-state index in [1.807, 2.05) is 18.3 Å². The van der Waals surface area contributed by atoms with E-state index >= 15 is 0 Å². The van der Waals surface area contributed by atoms with Crippen LogP contribution in [0.1, 0.15) is 55.0 Å². The van der Waals surface area contributed by atoms with Crippen LogP contribution in [0.2, 0.25) is 0 Å². The Labute approximate surface area is 145 Å². The molecule has 1 aromatic carbocycles. The van der Waals surface area contributed by atoms with E-state index in [4.69, 9.17) is 5.73 Å². The number of primary amides is 1. The Morgan fingerprint density at radius 3 is 2.67 bits per heavy atom. The van der Waals surface area contributed by atoms with Gasteiger partial charge in [0.05, 0.1) is 21.4 Å². The van der Waals surface area contributed by atoms with Gasteiger partial charge < -0.3 is 10.8 Å². The third kappa shape index (κ3) is 2.76. The lowest BCUT2D eigenvalue weighted by Crippen LogP contribution is -2.45. The molecular formula is C19H22N2O2S. The molecule has 2 aliphatic rings. The summed E-state index contributed by atoms with van der Waals surface area (Å²) < 4.78 is 0. The number of thiazole rings is 1. The van der Waals surface area contributed by atoms with Crippen LogP contribution in [-0.4, -0.2) is 22.1 Å². The molecule has 2 fully saturated rings. The van der Waals surface area contributed by atoms with Crippen molar-refractivity contribution in [2.24, 2.45) is 5.73 Å². The van der Waals surface area contributed by atoms with Crippen molar-refractivity contribution < 1.29 is 9.90 Å². The fourth-order valence-electron chi connectivity index (χ4n) is 3.68. The summed E-state index contributed by atoms with van der Waals surface area (Å²) in [5.41, 5.74) is 7.21. The predicted octanol–water partition coefficient (Wildman–Crippen LogP) is 3.35. The SMILES string of the molecule is NC(=O)C1(c2cccc(-c3cnc(C4CC4)s3)c2)CCC(O)CC1. The Hall–Kier alpha value is -1.72. The Morgan fingerprint density at radius 2 is 2.00 bits per heavy atom. The maximum Gasteiger partial charge on any atom is 0.228 e. The lowest BCUT2D eigenvalue weighted by atomic mass is 9.68. The minimum atomic E-state index is -0.654. The number of aliphatic hydroxyl groups is 1. The second-order valence-corrected chi connectivity index (χ2v) is 8.16. The Morgan fingerprint density at radius 1 is 1.25 bits per heavy atom. The number of nitrogens with two attached hydrogens (primary N) is 1. The molecule has 1 heterocycles. The van der Waals surface area contributed by atoms with Crippen LogP contribution in [0, 0.1) is 0 Å². The van der Waals surface area contributed by atoms with Crippen molar-refractivity contribution in [3.63, 3.8) is 0 Å². The summed E-state index contributed by atoms with van der Waals surface area (Å²) in [5.74, 6) is 0.373. The van der Waals surface area contributed by atoms with Gasteiger partial charge in [0.2, 0.25) is 5.91 Å². The summed E-state index contributed by atoms with van der Waals surface area (Å²) in [6.45, 7) is 0. The van der Waals surface area contributed by atoms with E-state index < -0.39 is 5.41 Å². The average molecular weight is 342 g/mol. The molecule has 4 rings (SSSR count). The average Bonchev–Trinajstić information content (AvgIpc) is 3.33. The number of hydrogen-bond acceptors (Lipinski definition) is 4. The van der Waals surface area contributed by atoms with Crippen LogP contribution in [0.25, 0.3) is 10.4 Å². The first kappa shape index (κ1) is 15.8. The largest absolute Gasteiger partial charge is 0.393 e. The second-order valence-electron chi connectivity index (χ2n) is 7.10. The van der Waals surface area contributed by atoms with Crippen molar-refractivity contribution in [3.8, 4) is 10.4 Å². The molecule has 1 amide bonds. The Kier molecular flexibility index (Phi) is 3.93. The zero-order valence-electron chi connectivity index (χ0n) is 13.6. The molecule has 5 heteroatoms. The predicted molar refractivity (Wildman–Crippen MR) is 94.9 cm³/mol. The number of aliphatic hydroxyl groups excluding tert-OH is 1. The zero-order chi connectivity index (χ0) is 16.7. The van der Waals surface area contributed by atoms with E-state index in [-0.39, 0.29) is 12.0 Å². The van der Waals surface area contributed by atoms with Crippen LogP contribution in [0.4, 0.5) is 0 Å². The number of nitrogens with zero attached hydrogens (tertiary/aromatic N) is 1. The van der Waals surface area contributed by atoms with Gasteiger partial charge in [0.15, 0.2) is 0 Å². The van der Waals surface area contributed by atoms with Gasteiger partial charge in [0.1, 0.15) is 0 Å². The van der Waals surface area contributed by atoms with Crippen LogP contribution >= 0.6 is 11.3 Å². The first-order valence-electron chi connectivity index (χ1n) is 8.63. The van der Waals surface area contributed by atoms with Crippen molar-refractivity contribution >= 4 is 17.2 Å². The first-order valence-corrected chi connectivity index (χ1v) is 9.45. The van der Waals surface area contributed by atoms with Crippen LogP contribution in [0.15, 0.2) is 30.5 Å². The maximum absolute atomic E-state index is 12.3. The Bertz CT molecular complexity index is 758. The van der Waals surface area contributed by atoms with Gasteiger partial charge in [-0.3, -0.25) is 4.79 Å². The second kappa shape index (κ2) is 5.97. The number of hydrogen-bond donors (Lipinski definition) is 2. The molecular weight excluding hydrogens is 320 g/mol. The standard InChI is InChI=1S/C19H22N2O2S/c20-18(23)19(8-6-15(22)7-9-19)14-3-1-2-13(10-14)16-11-21-17(24-16)12-4-5-12/h1-3,10-12,15,22H,4-9H2,(H2,20,23). The van der Waals surface area contributed by atoms with Gasteiger partial charge in [-0.05, 0) is 55.7 Å². The van der Waals surface area contributed by atoms with E-state index in [1.54, 1.807) is 11.3 Å². The summed E-state index contributed by atoms with van der Waals surface area (Å²) in [5, 5.41) is 11.0. The molecule has 2 aliphatic carbocycles. The molecule has 0 saturated heterocycles. The zero-order valence-corrected chi connectivity index (χ0v) is 14.4.